The van der Waals surface area contributed by atoms with Crippen LogP contribution in [0.2, 0.25) is 0 Å². The third-order valence-corrected chi connectivity index (χ3v) is 6.20. The number of benzene rings is 1. The fourth-order valence-electron chi connectivity index (χ4n) is 4.50. The van der Waals surface area contributed by atoms with Gasteiger partial charge in [-0.15, -0.1) is 0 Å². The number of fused-ring (bicyclic) bond motifs is 2. The lowest BCUT2D eigenvalue weighted by Gasteiger charge is -2.25. The maximum Gasteiger partial charge on any atom is 0.274 e. The average molecular weight is 437 g/mol. The highest BCUT2D eigenvalue weighted by atomic mass is 16.7. The molecular formula is C24H28N4O4. The van der Waals surface area contributed by atoms with Gasteiger partial charge in [-0.3, -0.25) is 9.48 Å². The van der Waals surface area contributed by atoms with Crippen molar-refractivity contribution >= 4 is 5.91 Å². The minimum Gasteiger partial charge on any atom is -0.467 e. The smallest absolute Gasteiger partial charge is 0.274 e. The topological polar surface area (TPSA) is 81.8 Å². The molecule has 1 aliphatic carbocycles. The van der Waals surface area contributed by atoms with E-state index in [-0.39, 0.29) is 18.7 Å². The first-order chi connectivity index (χ1) is 15.6. The number of ether oxygens (including phenoxy) is 2. The van der Waals surface area contributed by atoms with Gasteiger partial charge >= 0.3 is 0 Å². The number of furan rings is 1. The van der Waals surface area contributed by atoms with Crippen molar-refractivity contribution in [1.29, 1.82) is 0 Å². The van der Waals surface area contributed by atoms with Crippen molar-refractivity contribution in [3.63, 3.8) is 0 Å². The van der Waals surface area contributed by atoms with Gasteiger partial charge in [0.1, 0.15) is 5.76 Å². The van der Waals surface area contributed by atoms with Crippen LogP contribution in [0.15, 0.2) is 41.0 Å². The number of carbonyl (C=O) groups is 1. The van der Waals surface area contributed by atoms with Crippen molar-refractivity contribution in [2.45, 2.75) is 51.9 Å². The molecule has 8 heteroatoms. The standard InChI is InChI=1S/C24H28N4O4/c1-3-28-20-8-7-17(25-13-16-6-9-21-22(11-16)32-15-31-21)12-19(20)23(26-28)24(29)27(2)14-18-5-4-10-30-18/h4-6,9-11,17,25H,3,7-8,12-15H2,1-2H3. The average Bonchev–Trinajstić information content (AvgIpc) is 3.56. The highest BCUT2D eigenvalue weighted by Crippen LogP contribution is 2.32. The Kier molecular flexibility index (Phi) is 5.61. The number of carbonyl (C=O) groups excluding carboxylic acids is 1. The van der Waals surface area contributed by atoms with Crippen LogP contribution in [0.5, 0.6) is 11.5 Å². The van der Waals surface area contributed by atoms with Gasteiger partial charge in [0.05, 0.1) is 12.8 Å². The second-order valence-electron chi connectivity index (χ2n) is 8.34. The Morgan fingerprint density at radius 3 is 2.97 bits per heavy atom. The van der Waals surface area contributed by atoms with Crippen LogP contribution >= 0.6 is 0 Å². The van der Waals surface area contributed by atoms with Gasteiger partial charge in [0.2, 0.25) is 6.79 Å². The number of aryl methyl sites for hydroxylation is 1. The molecule has 3 heterocycles. The second-order valence-corrected chi connectivity index (χ2v) is 8.34. The zero-order chi connectivity index (χ0) is 22.1. The van der Waals surface area contributed by atoms with Crippen LogP contribution in [-0.2, 0) is 32.5 Å². The minimum atomic E-state index is -0.0683. The summed E-state index contributed by atoms with van der Waals surface area (Å²) in [4.78, 5) is 14.9. The molecule has 0 spiro atoms. The molecule has 1 N–H and O–H groups in total. The molecule has 0 bridgehead atoms. The summed E-state index contributed by atoms with van der Waals surface area (Å²) in [5, 5.41) is 8.34. The first-order valence-electron chi connectivity index (χ1n) is 11.1. The van der Waals surface area contributed by atoms with E-state index < -0.39 is 0 Å². The predicted molar refractivity (Wildman–Crippen MR) is 118 cm³/mol. The Bertz CT molecular complexity index is 1110. The normalized spacial score (nSPS) is 16.8. The number of hydrogen-bond donors (Lipinski definition) is 1. The Morgan fingerprint density at radius 2 is 2.16 bits per heavy atom. The number of hydrogen-bond acceptors (Lipinski definition) is 6. The van der Waals surface area contributed by atoms with Crippen molar-refractivity contribution in [1.82, 2.24) is 20.0 Å². The second kappa shape index (κ2) is 8.70. The van der Waals surface area contributed by atoms with Crippen molar-refractivity contribution in [2.24, 2.45) is 0 Å². The molecule has 1 unspecified atom stereocenters. The van der Waals surface area contributed by atoms with Crippen LogP contribution < -0.4 is 14.8 Å². The van der Waals surface area contributed by atoms with Crippen LogP contribution in [-0.4, -0.2) is 40.5 Å². The molecule has 0 fully saturated rings. The lowest BCUT2D eigenvalue weighted by molar-refractivity contribution is 0.0767. The van der Waals surface area contributed by atoms with Gasteiger partial charge in [-0.25, -0.2) is 0 Å². The summed E-state index contributed by atoms with van der Waals surface area (Å²) in [7, 11) is 1.79. The Morgan fingerprint density at radius 1 is 1.28 bits per heavy atom. The van der Waals surface area contributed by atoms with E-state index in [4.69, 9.17) is 13.9 Å². The molecule has 1 aliphatic heterocycles. The van der Waals surface area contributed by atoms with E-state index >= 15 is 0 Å². The minimum absolute atomic E-state index is 0.0683. The zero-order valence-corrected chi connectivity index (χ0v) is 18.5. The van der Waals surface area contributed by atoms with E-state index in [0.717, 1.165) is 60.7 Å². The van der Waals surface area contributed by atoms with E-state index in [2.05, 4.69) is 23.4 Å². The Hall–Kier alpha value is -3.26. The fourth-order valence-corrected chi connectivity index (χ4v) is 4.50. The summed E-state index contributed by atoms with van der Waals surface area (Å²) in [5.74, 6) is 2.28. The van der Waals surface area contributed by atoms with E-state index in [0.29, 0.717) is 12.2 Å². The van der Waals surface area contributed by atoms with Gasteiger partial charge in [-0.05, 0) is 56.0 Å². The summed E-state index contributed by atoms with van der Waals surface area (Å²) in [6.07, 6.45) is 4.33. The van der Waals surface area contributed by atoms with E-state index in [9.17, 15) is 4.79 Å². The van der Waals surface area contributed by atoms with Crippen molar-refractivity contribution in [3.05, 3.63) is 64.9 Å². The molecule has 5 rings (SSSR count). The summed E-state index contributed by atoms with van der Waals surface area (Å²) in [5.41, 5.74) is 3.96. The van der Waals surface area contributed by atoms with Gasteiger partial charge in [0.25, 0.3) is 5.91 Å². The number of amides is 1. The van der Waals surface area contributed by atoms with Crippen molar-refractivity contribution < 1.29 is 18.7 Å². The first-order valence-corrected chi connectivity index (χ1v) is 11.1. The third kappa shape index (κ3) is 3.98. The lowest BCUT2D eigenvalue weighted by atomic mass is 9.91. The van der Waals surface area contributed by atoms with Gasteiger partial charge in [0, 0.05) is 37.4 Å². The Labute approximate surface area is 187 Å². The fraction of sp³-hybridized carbons (Fsp3) is 0.417. The lowest BCUT2D eigenvalue weighted by Crippen LogP contribution is -2.35. The molecule has 1 atom stereocenters. The predicted octanol–water partition coefficient (Wildman–Crippen LogP) is 3.14. The van der Waals surface area contributed by atoms with Crippen LogP contribution in [0.25, 0.3) is 0 Å². The van der Waals surface area contributed by atoms with Crippen molar-refractivity contribution in [3.8, 4) is 11.5 Å². The molecule has 168 valence electrons. The number of rotatable bonds is 7. The van der Waals surface area contributed by atoms with Crippen LogP contribution in [0, 0.1) is 0 Å². The molecule has 0 saturated carbocycles. The monoisotopic (exact) mass is 436 g/mol. The highest BCUT2D eigenvalue weighted by molar-refractivity contribution is 5.94. The maximum atomic E-state index is 13.2. The van der Waals surface area contributed by atoms with Crippen LogP contribution in [0.4, 0.5) is 0 Å². The van der Waals surface area contributed by atoms with Gasteiger partial charge in [0.15, 0.2) is 17.2 Å². The summed E-state index contributed by atoms with van der Waals surface area (Å²) in [6, 6.07) is 10.0. The Balaban J connectivity index is 1.29. The summed E-state index contributed by atoms with van der Waals surface area (Å²) in [6.45, 7) is 4.26. The molecule has 2 aliphatic rings. The molecular weight excluding hydrogens is 408 g/mol. The molecule has 32 heavy (non-hydrogen) atoms. The SMILES string of the molecule is CCn1nc(C(=O)N(C)Cc2ccco2)c2c1CCC(NCc1ccc3c(c1)OCO3)C2. The molecule has 3 aromatic rings. The third-order valence-electron chi connectivity index (χ3n) is 6.20. The number of nitrogens with one attached hydrogen (secondary N) is 1. The molecule has 8 nitrogen and oxygen atoms in total. The van der Waals surface area contributed by atoms with Crippen molar-refractivity contribution in [2.75, 3.05) is 13.8 Å². The summed E-state index contributed by atoms with van der Waals surface area (Å²) < 4.78 is 18.3. The van der Waals surface area contributed by atoms with E-state index in [1.54, 1.807) is 18.2 Å². The molecule has 0 saturated heterocycles. The van der Waals surface area contributed by atoms with E-state index in [1.165, 1.54) is 5.69 Å². The summed E-state index contributed by atoms with van der Waals surface area (Å²) >= 11 is 0. The van der Waals surface area contributed by atoms with Crippen LogP contribution in [0.1, 0.15) is 46.4 Å². The van der Waals surface area contributed by atoms with E-state index in [1.807, 2.05) is 28.9 Å². The quantitative estimate of drug-likeness (QED) is 0.613. The first kappa shape index (κ1) is 20.6. The molecule has 1 amide bonds. The van der Waals surface area contributed by atoms with Crippen LogP contribution in [0.3, 0.4) is 0 Å². The molecule has 2 aromatic heterocycles. The zero-order valence-electron chi connectivity index (χ0n) is 18.5. The molecule has 1 aromatic carbocycles. The number of aromatic nitrogens is 2. The molecule has 0 radical (unpaired) electrons. The van der Waals surface area contributed by atoms with Gasteiger partial charge < -0.3 is 24.1 Å². The maximum absolute atomic E-state index is 13.2. The van der Waals surface area contributed by atoms with Gasteiger partial charge in [-0.1, -0.05) is 6.07 Å². The largest absolute Gasteiger partial charge is 0.467 e. The number of nitrogens with zero attached hydrogens (tertiary/aromatic N) is 3. The highest BCUT2D eigenvalue weighted by Gasteiger charge is 2.30. The van der Waals surface area contributed by atoms with Gasteiger partial charge in [-0.2, -0.15) is 5.10 Å².